The van der Waals surface area contributed by atoms with Crippen LogP contribution in [-0.4, -0.2) is 142 Å². The number of aliphatic hydroxyl groups is 3. The van der Waals surface area contributed by atoms with Crippen molar-refractivity contribution in [3.8, 4) is 0 Å². The average molecular weight is 512 g/mol. The highest BCUT2D eigenvalue weighted by atomic mass is 16.5. The summed E-state index contributed by atoms with van der Waals surface area (Å²) in [5, 5.41) is 37.2. The minimum Gasteiger partial charge on any atom is -0.388 e. The monoisotopic (exact) mass is 511 g/mol. The Morgan fingerprint density at radius 3 is 2.28 bits per heavy atom. The van der Waals surface area contributed by atoms with Gasteiger partial charge in [-0.05, 0) is 47.2 Å². The van der Waals surface area contributed by atoms with Gasteiger partial charge in [-0.15, -0.1) is 0 Å². The van der Waals surface area contributed by atoms with Crippen molar-refractivity contribution in [3.05, 3.63) is 0 Å². The standard InChI is InChI=1S/C24H41N5O7/c1-13(2)28-9-6-24(7-10-28)11-16(30)29-8-5-14(27(3)4)17(29)22(34)25-12-15-18(31)19(32)20(33)21(36-15)23(35)26-24/h13-15,17-21,31-33H,5-12H2,1-4H3,(H,25,34)(H,26,35)/t14-,15+,17+,18+,19-,20-,21+/m1/s1. The average Bonchev–Trinajstić information content (AvgIpc) is 3.27. The highest BCUT2D eigenvalue weighted by Gasteiger charge is 2.51. The normalized spacial score (nSPS) is 38.3. The summed E-state index contributed by atoms with van der Waals surface area (Å²) >= 11 is 0. The van der Waals surface area contributed by atoms with Crippen LogP contribution < -0.4 is 10.6 Å². The van der Waals surface area contributed by atoms with Gasteiger partial charge < -0.3 is 45.4 Å². The summed E-state index contributed by atoms with van der Waals surface area (Å²) in [6.45, 7) is 5.78. The van der Waals surface area contributed by atoms with Crippen molar-refractivity contribution in [2.75, 3.05) is 40.3 Å². The second kappa shape index (κ2) is 10.5. The molecule has 0 aliphatic carbocycles. The molecule has 12 heteroatoms. The fourth-order valence-corrected chi connectivity index (χ4v) is 6.09. The van der Waals surface area contributed by atoms with Gasteiger partial charge in [-0.1, -0.05) is 0 Å². The third-order valence-corrected chi connectivity index (χ3v) is 8.43. The molecule has 12 nitrogen and oxygen atoms in total. The Morgan fingerprint density at radius 2 is 1.67 bits per heavy atom. The number of aliphatic hydroxyl groups excluding tert-OH is 3. The van der Waals surface area contributed by atoms with Crippen LogP contribution in [-0.2, 0) is 19.1 Å². The molecule has 0 aromatic heterocycles. The molecule has 4 heterocycles. The number of hydrogen-bond acceptors (Lipinski definition) is 9. The molecule has 0 unspecified atom stereocenters. The number of likely N-dealkylation sites (N-methyl/N-ethyl adjacent to an activating group) is 1. The number of ether oxygens (including phenoxy) is 1. The maximum atomic E-state index is 13.7. The van der Waals surface area contributed by atoms with Crippen LogP contribution in [0.15, 0.2) is 0 Å². The molecule has 3 amide bonds. The Labute approximate surface area is 211 Å². The number of piperidine rings is 1. The van der Waals surface area contributed by atoms with Crippen molar-refractivity contribution in [1.82, 2.24) is 25.3 Å². The Kier molecular flexibility index (Phi) is 7.94. The third kappa shape index (κ3) is 5.11. The Balaban J connectivity index is 1.69. The summed E-state index contributed by atoms with van der Waals surface area (Å²) in [5.74, 6) is -1.23. The summed E-state index contributed by atoms with van der Waals surface area (Å²) < 4.78 is 5.76. The maximum Gasteiger partial charge on any atom is 0.252 e. The quantitative estimate of drug-likeness (QED) is 0.265. The predicted molar refractivity (Wildman–Crippen MR) is 129 cm³/mol. The van der Waals surface area contributed by atoms with E-state index in [2.05, 4.69) is 29.4 Å². The molecule has 0 aromatic rings. The Morgan fingerprint density at radius 1 is 1.00 bits per heavy atom. The van der Waals surface area contributed by atoms with Crippen LogP contribution >= 0.6 is 0 Å². The van der Waals surface area contributed by atoms with Crippen molar-refractivity contribution in [2.45, 2.75) is 93.7 Å². The van der Waals surface area contributed by atoms with E-state index in [1.165, 1.54) is 0 Å². The number of fused-ring (bicyclic) bond motifs is 3. The molecule has 36 heavy (non-hydrogen) atoms. The molecule has 4 saturated heterocycles. The number of carbonyl (C=O) groups is 3. The minimum absolute atomic E-state index is 0.0199. The molecule has 0 radical (unpaired) electrons. The van der Waals surface area contributed by atoms with Crippen LogP contribution in [0.3, 0.4) is 0 Å². The van der Waals surface area contributed by atoms with Gasteiger partial charge in [0.25, 0.3) is 5.91 Å². The number of nitrogens with zero attached hydrogens (tertiary/aromatic N) is 3. The van der Waals surface area contributed by atoms with Gasteiger partial charge in [0.05, 0.1) is 12.0 Å². The Bertz CT molecular complexity index is 847. The summed E-state index contributed by atoms with van der Waals surface area (Å²) in [6.07, 6.45) is -5.64. The molecule has 1 spiro atoms. The van der Waals surface area contributed by atoms with Crippen molar-refractivity contribution in [1.29, 1.82) is 0 Å². The smallest absolute Gasteiger partial charge is 0.252 e. The predicted octanol–water partition coefficient (Wildman–Crippen LogP) is -2.75. The van der Waals surface area contributed by atoms with E-state index in [1.54, 1.807) is 4.90 Å². The van der Waals surface area contributed by atoms with E-state index in [0.29, 0.717) is 44.9 Å². The van der Waals surface area contributed by atoms with E-state index in [9.17, 15) is 29.7 Å². The van der Waals surface area contributed by atoms with Gasteiger partial charge in [0.15, 0.2) is 6.10 Å². The SMILES string of the molecule is CC(C)N1CCC2(CC1)CC(=O)N1CC[C@@H](N(C)C)[C@H]1C(=O)NC[C@@H]1O[C@H](C(=O)N2)[C@H](O)[C@H](O)[C@H]1O. The first-order valence-corrected chi connectivity index (χ1v) is 12.9. The molecule has 2 bridgehead atoms. The highest BCUT2D eigenvalue weighted by molar-refractivity contribution is 5.90. The number of carbonyl (C=O) groups excluding carboxylic acids is 3. The molecule has 4 fully saturated rings. The van der Waals surface area contributed by atoms with Crippen molar-refractivity contribution >= 4 is 17.7 Å². The van der Waals surface area contributed by atoms with Gasteiger partial charge in [0, 0.05) is 38.3 Å². The summed E-state index contributed by atoms with van der Waals surface area (Å²) in [6, 6.07) is -0.606. The van der Waals surface area contributed by atoms with E-state index in [4.69, 9.17) is 4.74 Å². The maximum absolute atomic E-state index is 13.7. The molecule has 4 aliphatic heterocycles. The fourth-order valence-electron chi connectivity index (χ4n) is 6.09. The first kappa shape index (κ1) is 27.2. The van der Waals surface area contributed by atoms with Crippen LogP contribution in [0.25, 0.3) is 0 Å². The molecule has 204 valence electrons. The molecule has 5 N–H and O–H groups in total. The number of rotatable bonds is 2. The van der Waals surface area contributed by atoms with Gasteiger partial charge in [0.1, 0.15) is 30.5 Å². The zero-order chi connectivity index (χ0) is 26.4. The molecular formula is C24H41N5O7. The second-order valence-electron chi connectivity index (χ2n) is 11.2. The van der Waals surface area contributed by atoms with E-state index < -0.39 is 48.0 Å². The van der Waals surface area contributed by atoms with Gasteiger partial charge in [-0.25, -0.2) is 0 Å². The van der Waals surface area contributed by atoms with Crippen LogP contribution in [0.1, 0.15) is 39.5 Å². The fraction of sp³-hybridized carbons (Fsp3) is 0.875. The summed E-state index contributed by atoms with van der Waals surface area (Å²) in [7, 11) is 3.74. The molecule has 4 rings (SSSR count). The summed E-state index contributed by atoms with van der Waals surface area (Å²) in [5.41, 5.74) is -0.884. The van der Waals surface area contributed by atoms with Gasteiger partial charge in [0.2, 0.25) is 11.8 Å². The molecule has 7 atom stereocenters. The van der Waals surface area contributed by atoms with Crippen LogP contribution in [0, 0.1) is 0 Å². The lowest BCUT2D eigenvalue weighted by molar-refractivity contribution is -0.220. The van der Waals surface area contributed by atoms with E-state index in [-0.39, 0.29) is 30.8 Å². The zero-order valence-electron chi connectivity index (χ0n) is 21.6. The molecule has 0 saturated carbocycles. The number of likely N-dealkylation sites (tertiary alicyclic amines) is 1. The van der Waals surface area contributed by atoms with Crippen LogP contribution in [0.4, 0.5) is 0 Å². The number of amides is 3. The first-order chi connectivity index (χ1) is 16.9. The Hall–Kier alpha value is -1.83. The van der Waals surface area contributed by atoms with Crippen LogP contribution in [0.2, 0.25) is 0 Å². The summed E-state index contributed by atoms with van der Waals surface area (Å²) in [4.78, 5) is 46.3. The van der Waals surface area contributed by atoms with Gasteiger partial charge >= 0.3 is 0 Å². The van der Waals surface area contributed by atoms with E-state index in [0.717, 1.165) is 0 Å². The number of nitrogens with one attached hydrogen (secondary N) is 2. The lowest BCUT2D eigenvalue weighted by Gasteiger charge is -2.45. The largest absolute Gasteiger partial charge is 0.388 e. The molecular weight excluding hydrogens is 470 g/mol. The van der Waals surface area contributed by atoms with E-state index in [1.807, 2.05) is 19.0 Å². The van der Waals surface area contributed by atoms with Gasteiger partial charge in [-0.3, -0.25) is 14.4 Å². The molecule has 0 aromatic carbocycles. The minimum atomic E-state index is -1.65. The van der Waals surface area contributed by atoms with Crippen molar-refractivity contribution in [2.24, 2.45) is 0 Å². The highest BCUT2D eigenvalue weighted by Crippen LogP contribution is 2.32. The van der Waals surface area contributed by atoms with Crippen molar-refractivity contribution < 1.29 is 34.4 Å². The zero-order valence-corrected chi connectivity index (χ0v) is 21.6. The number of hydrogen-bond donors (Lipinski definition) is 5. The lowest BCUT2D eigenvalue weighted by Crippen LogP contribution is -2.66. The molecule has 4 aliphatic rings. The second-order valence-corrected chi connectivity index (χ2v) is 11.2. The van der Waals surface area contributed by atoms with Crippen LogP contribution in [0.5, 0.6) is 0 Å². The van der Waals surface area contributed by atoms with Crippen molar-refractivity contribution in [3.63, 3.8) is 0 Å². The third-order valence-electron chi connectivity index (χ3n) is 8.43. The van der Waals surface area contributed by atoms with E-state index >= 15 is 0 Å². The topological polar surface area (TPSA) is 155 Å². The lowest BCUT2D eigenvalue weighted by atomic mass is 9.82. The first-order valence-electron chi connectivity index (χ1n) is 12.9. The van der Waals surface area contributed by atoms with Gasteiger partial charge in [-0.2, -0.15) is 0 Å².